The van der Waals surface area contributed by atoms with Crippen LogP contribution in [0.1, 0.15) is 10.4 Å². The number of benzene rings is 1. The summed E-state index contributed by atoms with van der Waals surface area (Å²) < 4.78 is 26.1. The fourth-order valence-electron chi connectivity index (χ4n) is 0.850. The van der Waals surface area contributed by atoms with E-state index in [0.717, 1.165) is 6.26 Å². The first-order valence-corrected chi connectivity index (χ1v) is 5.76. The molecule has 0 aliphatic rings. The van der Waals surface area contributed by atoms with E-state index >= 15 is 0 Å². The van der Waals surface area contributed by atoms with Crippen molar-refractivity contribution in [1.29, 1.82) is 0 Å². The monoisotopic (exact) mass is 234 g/mol. The molecule has 0 heterocycles. The molecule has 0 bridgehead atoms. The second kappa shape index (κ2) is 3.98. The topological polar surface area (TPSA) is 60.4 Å². The molecule has 0 N–H and O–H groups in total. The molecule has 0 radical (unpaired) electrons. The van der Waals surface area contributed by atoms with Crippen molar-refractivity contribution in [3.8, 4) is 5.75 Å². The Morgan fingerprint density at radius 2 is 2.07 bits per heavy atom. The quantitative estimate of drug-likeness (QED) is 0.587. The number of hydrogen-bond acceptors (Lipinski definition) is 4. The van der Waals surface area contributed by atoms with Crippen LogP contribution in [0, 0.1) is 0 Å². The van der Waals surface area contributed by atoms with E-state index in [1.54, 1.807) is 0 Å². The number of carbonyl (C=O) groups excluding carboxylic acids is 1. The van der Waals surface area contributed by atoms with Gasteiger partial charge in [-0.25, -0.2) is 0 Å². The molecule has 1 rings (SSSR count). The van der Waals surface area contributed by atoms with Gasteiger partial charge in [-0.2, -0.15) is 8.42 Å². The van der Waals surface area contributed by atoms with Gasteiger partial charge in [0.05, 0.1) is 11.8 Å². The maximum absolute atomic E-state index is 10.8. The van der Waals surface area contributed by atoms with Crippen LogP contribution in [0.25, 0.3) is 0 Å². The first kappa shape index (κ1) is 11.0. The lowest BCUT2D eigenvalue weighted by Crippen LogP contribution is -2.07. The minimum absolute atomic E-state index is 0.0214. The second-order valence-corrected chi connectivity index (χ2v) is 4.60. The fraction of sp³-hybridized carbons (Fsp3) is 0.125. The number of aldehydes is 1. The predicted molar refractivity (Wildman–Crippen MR) is 52.3 cm³/mol. The molecule has 14 heavy (non-hydrogen) atoms. The summed E-state index contributed by atoms with van der Waals surface area (Å²) in [7, 11) is -3.62. The third kappa shape index (κ3) is 3.01. The van der Waals surface area contributed by atoms with Gasteiger partial charge in [-0.3, -0.25) is 4.79 Å². The molecular weight excluding hydrogens is 228 g/mol. The Kier molecular flexibility index (Phi) is 3.13. The van der Waals surface area contributed by atoms with Crippen LogP contribution in [0.5, 0.6) is 5.75 Å². The molecule has 0 spiro atoms. The smallest absolute Gasteiger partial charge is 0.306 e. The molecule has 0 amide bonds. The zero-order valence-corrected chi connectivity index (χ0v) is 8.80. The third-order valence-electron chi connectivity index (χ3n) is 1.34. The Hall–Kier alpha value is -1.07. The maximum Gasteiger partial charge on any atom is 0.306 e. The van der Waals surface area contributed by atoms with Crippen molar-refractivity contribution in [1.82, 2.24) is 0 Å². The molecule has 1 aromatic carbocycles. The Morgan fingerprint density at radius 3 is 2.57 bits per heavy atom. The van der Waals surface area contributed by atoms with Crippen LogP contribution >= 0.6 is 11.6 Å². The number of rotatable bonds is 3. The van der Waals surface area contributed by atoms with Gasteiger partial charge in [0.1, 0.15) is 0 Å². The van der Waals surface area contributed by atoms with E-state index in [1.807, 2.05) is 0 Å². The molecule has 0 unspecified atom stereocenters. The van der Waals surface area contributed by atoms with E-state index in [4.69, 9.17) is 11.6 Å². The van der Waals surface area contributed by atoms with Gasteiger partial charge in [-0.05, 0) is 18.2 Å². The van der Waals surface area contributed by atoms with Crippen molar-refractivity contribution >= 4 is 28.0 Å². The van der Waals surface area contributed by atoms with Crippen molar-refractivity contribution in [2.24, 2.45) is 0 Å². The van der Waals surface area contributed by atoms with E-state index in [9.17, 15) is 13.2 Å². The van der Waals surface area contributed by atoms with E-state index in [0.29, 0.717) is 11.3 Å². The molecule has 0 saturated heterocycles. The van der Waals surface area contributed by atoms with Gasteiger partial charge in [-0.15, -0.1) is 0 Å². The highest BCUT2D eigenvalue weighted by Crippen LogP contribution is 2.22. The predicted octanol–water partition coefficient (Wildman–Crippen LogP) is 1.49. The van der Waals surface area contributed by atoms with Gasteiger partial charge in [-0.1, -0.05) is 11.6 Å². The number of halogens is 1. The molecule has 4 nitrogen and oxygen atoms in total. The Bertz CT molecular complexity index is 452. The fourth-order valence-corrected chi connectivity index (χ4v) is 1.51. The van der Waals surface area contributed by atoms with Crippen LogP contribution in [0.4, 0.5) is 0 Å². The largest absolute Gasteiger partial charge is 0.382 e. The molecule has 0 aliphatic heterocycles. The van der Waals surface area contributed by atoms with Crippen LogP contribution in [0.2, 0.25) is 5.02 Å². The minimum atomic E-state index is -3.62. The van der Waals surface area contributed by atoms with Gasteiger partial charge < -0.3 is 4.18 Å². The molecule has 0 saturated carbocycles. The lowest BCUT2D eigenvalue weighted by molar-refractivity contribution is 0.112. The van der Waals surface area contributed by atoms with Gasteiger partial charge in [0.15, 0.2) is 12.0 Å². The average Bonchev–Trinajstić information content (AvgIpc) is 2.06. The van der Waals surface area contributed by atoms with Gasteiger partial charge in [0, 0.05) is 5.02 Å². The summed E-state index contributed by atoms with van der Waals surface area (Å²) in [5.41, 5.74) is 0.0999. The van der Waals surface area contributed by atoms with Crippen LogP contribution in [0.3, 0.4) is 0 Å². The summed E-state index contributed by atoms with van der Waals surface area (Å²) in [6.45, 7) is 0. The summed E-state index contributed by atoms with van der Waals surface area (Å²) >= 11 is 5.60. The van der Waals surface area contributed by atoms with Crippen molar-refractivity contribution in [2.45, 2.75) is 0 Å². The molecule has 6 heteroatoms. The molecule has 0 aromatic heterocycles. The van der Waals surface area contributed by atoms with Crippen LogP contribution in [0.15, 0.2) is 18.2 Å². The molecule has 0 aliphatic carbocycles. The average molecular weight is 235 g/mol. The number of carbonyl (C=O) groups is 1. The second-order valence-electron chi connectivity index (χ2n) is 2.59. The van der Waals surface area contributed by atoms with Crippen LogP contribution in [-0.2, 0) is 10.1 Å². The van der Waals surface area contributed by atoms with Gasteiger partial charge >= 0.3 is 10.1 Å². The van der Waals surface area contributed by atoms with Crippen LogP contribution in [-0.4, -0.2) is 21.0 Å². The first-order valence-electron chi connectivity index (χ1n) is 3.56. The first-order chi connectivity index (χ1) is 6.42. The van der Waals surface area contributed by atoms with Crippen molar-refractivity contribution in [2.75, 3.05) is 6.26 Å². The highest BCUT2D eigenvalue weighted by atomic mass is 35.5. The van der Waals surface area contributed by atoms with Crippen LogP contribution < -0.4 is 4.18 Å². The summed E-state index contributed by atoms with van der Waals surface area (Å²) in [5, 5.41) is 0.341. The number of hydrogen-bond donors (Lipinski definition) is 0. The van der Waals surface area contributed by atoms with E-state index < -0.39 is 10.1 Å². The third-order valence-corrected chi connectivity index (χ3v) is 2.06. The molecule has 0 atom stereocenters. The molecule has 1 aromatic rings. The molecular formula is C8H7ClO4S. The van der Waals surface area contributed by atoms with E-state index in [-0.39, 0.29) is 11.3 Å². The zero-order valence-electron chi connectivity index (χ0n) is 7.23. The Balaban J connectivity index is 3.15. The van der Waals surface area contributed by atoms with E-state index in [2.05, 4.69) is 4.18 Å². The summed E-state index contributed by atoms with van der Waals surface area (Å²) in [5.74, 6) is -0.0214. The zero-order chi connectivity index (χ0) is 10.8. The van der Waals surface area contributed by atoms with Crippen molar-refractivity contribution in [3.05, 3.63) is 28.8 Å². The highest BCUT2D eigenvalue weighted by Gasteiger charge is 2.09. The van der Waals surface area contributed by atoms with E-state index in [1.165, 1.54) is 18.2 Å². The van der Waals surface area contributed by atoms with Gasteiger partial charge in [0.2, 0.25) is 0 Å². The highest BCUT2D eigenvalue weighted by molar-refractivity contribution is 7.86. The minimum Gasteiger partial charge on any atom is -0.382 e. The summed E-state index contributed by atoms with van der Waals surface area (Å²) in [6.07, 6.45) is 1.38. The molecule has 76 valence electrons. The summed E-state index contributed by atoms with van der Waals surface area (Å²) in [4.78, 5) is 10.5. The normalized spacial score (nSPS) is 11.0. The van der Waals surface area contributed by atoms with Gasteiger partial charge in [0.25, 0.3) is 0 Å². The Morgan fingerprint density at radius 1 is 1.43 bits per heavy atom. The van der Waals surface area contributed by atoms with Crippen molar-refractivity contribution in [3.63, 3.8) is 0 Å². The maximum atomic E-state index is 10.8. The molecule has 0 fully saturated rings. The standard InChI is InChI=1S/C8H7ClO4S/c1-14(11,12)13-8-3-2-7(9)4-6(8)5-10/h2-5H,1H3. The Labute approximate surface area is 86.6 Å². The summed E-state index contributed by atoms with van der Waals surface area (Å²) in [6, 6.07) is 4.09. The lowest BCUT2D eigenvalue weighted by atomic mass is 10.2. The lowest BCUT2D eigenvalue weighted by Gasteiger charge is -2.04. The SMILES string of the molecule is CS(=O)(=O)Oc1ccc(Cl)cc1C=O. The van der Waals surface area contributed by atoms with Crippen molar-refractivity contribution < 1.29 is 17.4 Å².